The van der Waals surface area contributed by atoms with Crippen LogP contribution in [-0.2, 0) is 38.0 Å². The molecule has 18 heteroatoms. The van der Waals surface area contributed by atoms with Crippen LogP contribution in [0.4, 0.5) is 0 Å². The third kappa shape index (κ3) is 8.20. The van der Waals surface area contributed by atoms with Crippen molar-refractivity contribution in [3.05, 3.63) is 11.6 Å². The van der Waals surface area contributed by atoms with E-state index in [1.54, 1.807) is 0 Å². The zero-order chi connectivity index (χ0) is 49.1. The van der Waals surface area contributed by atoms with Gasteiger partial charge in [0.15, 0.2) is 25.0 Å². The lowest BCUT2D eigenvalue weighted by Gasteiger charge is -2.72. The van der Waals surface area contributed by atoms with Gasteiger partial charge in [0.1, 0.15) is 61.0 Å². The largest absolute Gasteiger partial charge is 0.467 e. The van der Waals surface area contributed by atoms with Crippen LogP contribution in [0.3, 0.4) is 0 Å². The van der Waals surface area contributed by atoms with Gasteiger partial charge < -0.3 is 84.2 Å². The topological polar surface area (TPSA) is 284 Å². The summed E-state index contributed by atoms with van der Waals surface area (Å²) in [6.07, 6.45) is -16.7. The molecule has 8 rings (SSSR count). The summed E-state index contributed by atoms with van der Waals surface area (Å²) >= 11 is 0. The van der Waals surface area contributed by atoms with Crippen molar-refractivity contribution < 1.29 is 89.0 Å². The van der Waals surface area contributed by atoms with Crippen LogP contribution in [0.25, 0.3) is 0 Å². The molecule has 0 aromatic rings. The summed E-state index contributed by atoms with van der Waals surface area (Å²) in [6.45, 7) is 16.8. The number of methoxy groups -OCH3 is 1. The van der Waals surface area contributed by atoms with E-state index in [9.17, 15) is 55.9 Å². The molecule has 0 aromatic heterocycles. The highest BCUT2D eigenvalue weighted by molar-refractivity contribution is 5.75. The Morgan fingerprint density at radius 3 is 1.97 bits per heavy atom. The van der Waals surface area contributed by atoms with E-state index >= 15 is 0 Å². The third-order valence-electron chi connectivity index (χ3n) is 19.5. The fourth-order valence-electron chi connectivity index (χ4n) is 15.3. The smallest absolute Gasteiger partial charge is 0.337 e. The fourth-order valence-corrected chi connectivity index (χ4v) is 15.3. The van der Waals surface area contributed by atoms with Gasteiger partial charge in [-0.3, -0.25) is 0 Å². The van der Waals surface area contributed by atoms with Crippen molar-refractivity contribution in [1.29, 1.82) is 0 Å². The van der Waals surface area contributed by atoms with Gasteiger partial charge in [-0.2, -0.15) is 0 Å². The summed E-state index contributed by atoms with van der Waals surface area (Å²) in [5.74, 6) is -0.470. The Labute approximate surface area is 393 Å². The zero-order valence-electron chi connectivity index (χ0n) is 40.6. The van der Waals surface area contributed by atoms with Crippen molar-refractivity contribution >= 4 is 5.97 Å². The van der Waals surface area contributed by atoms with Crippen molar-refractivity contribution in [1.82, 2.24) is 0 Å². The Hall–Kier alpha value is -1.43. The second-order valence-corrected chi connectivity index (χ2v) is 23.9. The average molecular weight is 957 g/mol. The van der Waals surface area contributed by atoms with Crippen LogP contribution in [0, 0.1) is 50.2 Å². The SMILES string of the molecule is COC(=O)C1OC(OC2C(O)CC3(C)C(CCC4(C)C3CC=C3C5CC(C)(C)CCC5(CO)CCC34C)C2(C)C)C(OC2OC(CO)C(OC3OC(C)C(O)C(O)C3O)C(O)C2O)C(O)C1O. The van der Waals surface area contributed by atoms with E-state index in [1.165, 1.54) is 12.5 Å². The van der Waals surface area contributed by atoms with Gasteiger partial charge in [0.05, 0.1) is 32.0 Å². The van der Waals surface area contributed by atoms with Gasteiger partial charge in [-0.25, -0.2) is 4.79 Å². The predicted octanol–water partition coefficient (Wildman–Crippen LogP) is 0.793. The molecule has 3 heterocycles. The molecule has 5 aliphatic carbocycles. The zero-order valence-corrected chi connectivity index (χ0v) is 40.6. The molecule has 0 aromatic carbocycles. The average Bonchev–Trinajstić information content (AvgIpc) is 3.27. The van der Waals surface area contributed by atoms with E-state index in [1.807, 2.05) is 13.8 Å². The van der Waals surface area contributed by atoms with Gasteiger partial charge in [-0.15, -0.1) is 0 Å². The Bertz CT molecular complexity index is 1830. The first-order valence-corrected chi connectivity index (χ1v) is 24.6. The van der Waals surface area contributed by atoms with E-state index in [2.05, 4.69) is 40.7 Å². The van der Waals surface area contributed by atoms with Gasteiger partial charge in [0.2, 0.25) is 0 Å². The molecule has 24 atom stereocenters. The molecule has 0 bridgehead atoms. The Morgan fingerprint density at radius 2 is 1.31 bits per heavy atom. The Balaban J connectivity index is 1.04. The van der Waals surface area contributed by atoms with Gasteiger partial charge in [0, 0.05) is 12.0 Å². The number of aliphatic hydroxyl groups is 10. The van der Waals surface area contributed by atoms with Crippen molar-refractivity contribution in [3.63, 3.8) is 0 Å². The minimum atomic E-state index is -1.97. The Morgan fingerprint density at radius 1 is 0.687 bits per heavy atom. The van der Waals surface area contributed by atoms with Gasteiger partial charge >= 0.3 is 5.97 Å². The highest BCUT2D eigenvalue weighted by atomic mass is 16.8. The molecule has 0 spiro atoms. The third-order valence-corrected chi connectivity index (χ3v) is 19.5. The summed E-state index contributed by atoms with van der Waals surface area (Å²) in [5.41, 5.74) is 0.304. The van der Waals surface area contributed by atoms with Crippen LogP contribution in [-0.4, -0.2) is 182 Å². The van der Waals surface area contributed by atoms with Crippen molar-refractivity contribution in [2.24, 2.45) is 50.2 Å². The lowest BCUT2D eigenvalue weighted by molar-refractivity contribution is -0.390. The van der Waals surface area contributed by atoms with Crippen LogP contribution in [0.5, 0.6) is 0 Å². The molecule has 0 radical (unpaired) electrons. The van der Waals surface area contributed by atoms with Crippen molar-refractivity contribution in [3.8, 4) is 0 Å². The first-order valence-electron chi connectivity index (χ1n) is 24.6. The molecule has 8 aliphatic rings. The number of hydrogen-bond donors (Lipinski definition) is 10. The maximum Gasteiger partial charge on any atom is 0.337 e. The number of allylic oxidation sites excluding steroid dienone is 2. The second-order valence-electron chi connectivity index (χ2n) is 23.9. The number of rotatable bonds is 9. The van der Waals surface area contributed by atoms with Gasteiger partial charge in [-0.05, 0) is 110 Å². The van der Waals surface area contributed by atoms with Crippen LogP contribution >= 0.6 is 0 Å². The Kier molecular flexibility index (Phi) is 14.1. The van der Waals surface area contributed by atoms with Crippen molar-refractivity contribution in [2.75, 3.05) is 20.3 Å². The number of hydrogen-bond acceptors (Lipinski definition) is 18. The molecule has 3 saturated heterocycles. The molecule has 0 amide bonds. The number of esters is 1. The summed E-state index contributed by atoms with van der Waals surface area (Å²) in [4.78, 5) is 13.0. The minimum absolute atomic E-state index is 0.0218. The first kappa shape index (κ1) is 51.9. The van der Waals surface area contributed by atoms with Crippen LogP contribution in [0.1, 0.15) is 113 Å². The van der Waals surface area contributed by atoms with Crippen LogP contribution in [0.15, 0.2) is 11.6 Å². The van der Waals surface area contributed by atoms with Gasteiger partial charge in [0.25, 0.3) is 0 Å². The molecular formula is C49H80O18. The highest BCUT2D eigenvalue weighted by Crippen LogP contribution is 2.76. The molecular weight excluding hydrogens is 877 g/mol. The monoisotopic (exact) mass is 957 g/mol. The summed E-state index contributed by atoms with van der Waals surface area (Å²) in [6, 6.07) is 0. The summed E-state index contributed by atoms with van der Waals surface area (Å²) in [5, 5.41) is 111. The summed E-state index contributed by atoms with van der Waals surface area (Å²) in [7, 11) is 1.09. The van der Waals surface area contributed by atoms with E-state index in [0.717, 1.165) is 58.5 Å². The van der Waals surface area contributed by atoms with E-state index in [-0.39, 0.29) is 45.5 Å². The maximum atomic E-state index is 13.0. The molecule has 4 saturated carbocycles. The quantitative estimate of drug-likeness (QED) is 0.0869. The maximum absolute atomic E-state index is 13.0. The van der Waals surface area contributed by atoms with Gasteiger partial charge in [-0.1, -0.05) is 60.1 Å². The molecule has 24 unspecified atom stereocenters. The number of aliphatic hydroxyl groups excluding tert-OH is 10. The predicted molar refractivity (Wildman–Crippen MR) is 235 cm³/mol. The lowest BCUT2D eigenvalue weighted by Crippen LogP contribution is -2.69. The lowest BCUT2D eigenvalue weighted by atomic mass is 9.33. The van der Waals surface area contributed by atoms with E-state index in [4.69, 9.17) is 33.2 Å². The number of carbonyl (C=O) groups excluding carboxylic acids is 1. The fraction of sp³-hybridized carbons (Fsp3) is 0.939. The molecule has 7 fully saturated rings. The summed E-state index contributed by atoms with van der Waals surface area (Å²) < 4.78 is 41.0. The number of ether oxygens (including phenoxy) is 7. The molecule has 67 heavy (non-hydrogen) atoms. The van der Waals surface area contributed by atoms with Crippen LogP contribution in [0.2, 0.25) is 0 Å². The van der Waals surface area contributed by atoms with E-state index in [0.29, 0.717) is 12.3 Å². The normalized spacial score (nSPS) is 53.8. The van der Waals surface area contributed by atoms with E-state index < -0.39 is 122 Å². The number of carbonyl (C=O) groups is 1. The molecule has 18 nitrogen and oxygen atoms in total. The molecule has 3 aliphatic heterocycles. The standard InChI is InChI=1S/C49H80O18/c1-22-29(53)30(54)34(58)41(62-22)64-36-26(20-50)63-42(35(59)33(36)57)66-38-32(56)31(55)37(40(60)61-9)65-43(38)67-39-25(52)19-46(6)27(45(39,4)5)12-13-48(8)28(46)11-10-23-24-18-44(2,3)14-16-49(24,21-51)17-15-47(23,48)7/h10,22,24-39,41-43,50-59H,11-21H2,1-9H3. The minimum Gasteiger partial charge on any atom is -0.467 e. The molecule has 384 valence electrons. The molecule has 10 N–H and O–H groups in total. The second kappa shape index (κ2) is 18.3. The van der Waals surface area contributed by atoms with Crippen LogP contribution < -0.4 is 0 Å². The highest BCUT2D eigenvalue weighted by Gasteiger charge is 2.70. The number of fused-ring (bicyclic) bond motifs is 7. The van der Waals surface area contributed by atoms with Crippen molar-refractivity contribution in [2.45, 2.75) is 218 Å². The first-order chi connectivity index (χ1) is 31.3.